The molecule has 4 unspecified atom stereocenters. The summed E-state index contributed by atoms with van der Waals surface area (Å²) >= 11 is 0. The van der Waals surface area contributed by atoms with Crippen molar-refractivity contribution in [1.82, 2.24) is 19.8 Å². The van der Waals surface area contributed by atoms with E-state index < -0.39 is 37.0 Å². The van der Waals surface area contributed by atoms with Gasteiger partial charge in [-0.1, -0.05) is 38.1 Å². The molecule has 0 bridgehead atoms. The molecule has 2 aliphatic heterocycles. The fraction of sp³-hybridized carbons (Fsp3) is 0.421. The summed E-state index contributed by atoms with van der Waals surface area (Å²) in [5.41, 5.74) is 3.92. The van der Waals surface area contributed by atoms with Gasteiger partial charge >= 0.3 is 12.4 Å². The van der Waals surface area contributed by atoms with Gasteiger partial charge < -0.3 is 9.80 Å². The number of likely N-dealkylation sites (tertiary alicyclic amines) is 2. The van der Waals surface area contributed by atoms with Crippen LogP contribution < -0.4 is 0 Å². The maximum absolute atomic E-state index is 12.6. The van der Waals surface area contributed by atoms with Crippen molar-refractivity contribution in [3.05, 3.63) is 83.2 Å². The highest BCUT2D eigenvalue weighted by Gasteiger charge is 2.38. The SMILES string of the molecule is CC1CC(c2ccc(C#N)c3ncccc23)CN(C(=O)CC(F)(F)F)C1.CC1CC(c2ccc(C#N)c3ncccc23)CN(C(=O)CC(F)(F)F)C1. The summed E-state index contributed by atoms with van der Waals surface area (Å²) in [4.78, 5) is 35.3. The number of aromatic nitrogens is 2. The highest BCUT2D eigenvalue weighted by molar-refractivity contribution is 5.88. The minimum atomic E-state index is -4.50. The van der Waals surface area contributed by atoms with Crippen molar-refractivity contribution in [3.63, 3.8) is 0 Å². The van der Waals surface area contributed by atoms with Crippen LogP contribution in [0.5, 0.6) is 0 Å². The standard InChI is InChI=1S/2C19H18F3N3O/c2*1-12-7-14(11-25(10-12)17(26)8-19(20,21)22)15-5-4-13(9-23)18-16(15)3-2-6-24-18/h2*2-6,12,14H,7-8,10-11H2,1H3. The van der Waals surface area contributed by atoms with E-state index in [9.17, 15) is 46.5 Å². The molecule has 2 aliphatic rings. The molecule has 4 aromatic rings. The van der Waals surface area contributed by atoms with Gasteiger partial charge in [0.25, 0.3) is 0 Å². The average molecular weight is 723 g/mol. The van der Waals surface area contributed by atoms with Gasteiger partial charge in [0.15, 0.2) is 0 Å². The number of amides is 2. The molecule has 4 heterocycles. The van der Waals surface area contributed by atoms with E-state index >= 15 is 0 Å². The van der Waals surface area contributed by atoms with Crippen LogP contribution in [0.3, 0.4) is 0 Å². The molecule has 0 saturated carbocycles. The van der Waals surface area contributed by atoms with Crippen LogP contribution in [-0.4, -0.2) is 70.1 Å². The average Bonchev–Trinajstić information content (AvgIpc) is 3.09. The van der Waals surface area contributed by atoms with Gasteiger partial charge in [0.05, 0.1) is 22.2 Å². The molecular weight excluding hydrogens is 686 g/mol. The van der Waals surface area contributed by atoms with E-state index in [4.69, 9.17) is 0 Å². The molecule has 52 heavy (non-hydrogen) atoms. The summed E-state index contributed by atoms with van der Waals surface area (Å²) in [6.07, 6.45) is -7.11. The number of alkyl halides is 6. The number of piperidine rings is 2. The fourth-order valence-corrected chi connectivity index (χ4v) is 7.41. The number of benzene rings is 2. The van der Waals surface area contributed by atoms with Gasteiger partial charge in [-0.05, 0) is 60.1 Å². The molecule has 2 aromatic heterocycles. The first-order valence-electron chi connectivity index (χ1n) is 16.8. The molecule has 14 heteroatoms. The summed E-state index contributed by atoms with van der Waals surface area (Å²) in [7, 11) is 0. The van der Waals surface area contributed by atoms with E-state index in [1.54, 1.807) is 36.7 Å². The van der Waals surface area contributed by atoms with Gasteiger partial charge in [0.1, 0.15) is 25.0 Å². The molecule has 0 radical (unpaired) electrons. The Morgan fingerprint density at radius 3 is 1.40 bits per heavy atom. The van der Waals surface area contributed by atoms with Crippen LogP contribution in [0.2, 0.25) is 0 Å². The zero-order valence-electron chi connectivity index (χ0n) is 28.5. The van der Waals surface area contributed by atoms with Crippen LogP contribution in [0.4, 0.5) is 26.3 Å². The summed E-state index contributed by atoms with van der Waals surface area (Å²) in [5.74, 6) is -1.76. The second-order valence-corrected chi connectivity index (χ2v) is 13.7. The van der Waals surface area contributed by atoms with Gasteiger partial charge in [0.2, 0.25) is 11.8 Å². The van der Waals surface area contributed by atoms with Crippen molar-refractivity contribution >= 4 is 33.6 Å². The molecule has 0 spiro atoms. The van der Waals surface area contributed by atoms with Gasteiger partial charge in [0, 0.05) is 61.2 Å². The molecule has 2 amide bonds. The highest BCUT2D eigenvalue weighted by atomic mass is 19.4. The lowest BCUT2D eigenvalue weighted by atomic mass is 9.83. The van der Waals surface area contributed by atoms with Gasteiger partial charge in [-0.15, -0.1) is 0 Å². The van der Waals surface area contributed by atoms with Crippen LogP contribution >= 0.6 is 0 Å². The van der Waals surface area contributed by atoms with Crippen molar-refractivity contribution in [3.8, 4) is 12.1 Å². The quantitative estimate of drug-likeness (QED) is 0.197. The van der Waals surface area contributed by atoms with Crippen molar-refractivity contribution < 1.29 is 35.9 Å². The summed E-state index contributed by atoms with van der Waals surface area (Å²) in [6.45, 7) is 5.02. The van der Waals surface area contributed by atoms with E-state index in [1.807, 2.05) is 38.1 Å². The first kappa shape index (κ1) is 38.0. The molecular formula is C38H36F6N6O2. The normalized spacial score (nSPS) is 20.8. The van der Waals surface area contributed by atoms with Crippen LogP contribution in [0.15, 0.2) is 60.9 Å². The van der Waals surface area contributed by atoms with Crippen molar-refractivity contribution in [2.45, 2.75) is 63.7 Å². The predicted octanol–water partition coefficient (Wildman–Crippen LogP) is 8.02. The highest BCUT2D eigenvalue weighted by Crippen LogP contribution is 2.37. The minimum Gasteiger partial charge on any atom is -0.342 e. The fourth-order valence-electron chi connectivity index (χ4n) is 7.41. The Morgan fingerprint density at radius 2 is 1.06 bits per heavy atom. The van der Waals surface area contributed by atoms with Gasteiger partial charge in [-0.2, -0.15) is 36.9 Å². The minimum absolute atomic E-state index is 0.0876. The number of carbonyl (C=O) groups excluding carboxylic acids is 2. The number of nitrogens with zero attached hydrogens (tertiary/aromatic N) is 6. The van der Waals surface area contributed by atoms with Crippen molar-refractivity contribution in [2.24, 2.45) is 11.8 Å². The molecule has 0 N–H and O–H groups in total. The second kappa shape index (κ2) is 15.6. The zero-order valence-corrected chi connectivity index (χ0v) is 28.5. The van der Waals surface area contributed by atoms with Crippen LogP contribution in [-0.2, 0) is 9.59 Å². The number of pyridine rings is 2. The Labute approximate surface area is 296 Å². The van der Waals surface area contributed by atoms with E-state index in [1.165, 1.54) is 9.80 Å². The topological polar surface area (TPSA) is 114 Å². The third kappa shape index (κ3) is 9.15. The third-order valence-electron chi connectivity index (χ3n) is 9.46. The largest absolute Gasteiger partial charge is 0.397 e. The van der Waals surface area contributed by atoms with Crippen molar-refractivity contribution in [1.29, 1.82) is 10.5 Å². The summed E-state index contributed by atoms with van der Waals surface area (Å²) in [5, 5.41) is 20.1. The van der Waals surface area contributed by atoms with Crippen LogP contribution in [0, 0.1) is 34.5 Å². The number of nitriles is 2. The predicted molar refractivity (Wildman–Crippen MR) is 180 cm³/mol. The number of hydrogen-bond acceptors (Lipinski definition) is 6. The summed E-state index contributed by atoms with van der Waals surface area (Å²) in [6, 6.07) is 18.5. The van der Waals surface area contributed by atoms with Crippen molar-refractivity contribution in [2.75, 3.05) is 26.2 Å². The molecule has 4 atom stereocenters. The second-order valence-electron chi connectivity index (χ2n) is 13.7. The Morgan fingerprint density at radius 1 is 0.673 bits per heavy atom. The Bertz CT molecular complexity index is 1890. The molecule has 2 saturated heterocycles. The molecule has 0 aliphatic carbocycles. The third-order valence-corrected chi connectivity index (χ3v) is 9.46. The lowest BCUT2D eigenvalue weighted by molar-refractivity contribution is -0.164. The maximum Gasteiger partial charge on any atom is 0.397 e. The first-order chi connectivity index (χ1) is 24.6. The summed E-state index contributed by atoms with van der Waals surface area (Å²) < 4.78 is 75.5. The van der Waals surface area contributed by atoms with Gasteiger partial charge in [-0.25, -0.2) is 0 Å². The first-order valence-corrected chi connectivity index (χ1v) is 16.8. The van der Waals surface area contributed by atoms with Crippen LogP contribution in [0.25, 0.3) is 21.8 Å². The Hall–Kier alpha value is -5.24. The lowest BCUT2D eigenvalue weighted by Gasteiger charge is -2.37. The molecule has 6 rings (SSSR count). The van der Waals surface area contributed by atoms with Gasteiger partial charge in [-0.3, -0.25) is 19.6 Å². The lowest BCUT2D eigenvalue weighted by Crippen LogP contribution is -2.43. The van der Waals surface area contributed by atoms with Crippen LogP contribution in [0.1, 0.15) is 73.6 Å². The van der Waals surface area contributed by atoms with E-state index in [2.05, 4.69) is 22.1 Å². The number of fused-ring (bicyclic) bond motifs is 2. The Kier molecular flexibility index (Phi) is 11.4. The molecule has 2 aromatic carbocycles. The van der Waals surface area contributed by atoms with E-state index in [0.29, 0.717) is 35.2 Å². The smallest absolute Gasteiger partial charge is 0.342 e. The van der Waals surface area contributed by atoms with E-state index in [-0.39, 0.29) is 36.8 Å². The number of hydrogen-bond donors (Lipinski definition) is 0. The zero-order chi connectivity index (χ0) is 37.8. The molecule has 8 nitrogen and oxygen atoms in total. The number of carbonyl (C=O) groups is 2. The number of halogens is 6. The maximum atomic E-state index is 12.6. The number of rotatable bonds is 4. The monoisotopic (exact) mass is 722 g/mol. The van der Waals surface area contributed by atoms with E-state index in [0.717, 1.165) is 34.7 Å². The Balaban J connectivity index is 0.000000201. The molecule has 2 fully saturated rings. The molecule has 272 valence electrons.